The summed E-state index contributed by atoms with van der Waals surface area (Å²) in [5, 5.41) is 2.18. The van der Waals surface area contributed by atoms with Crippen LogP contribution in [0.5, 0.6) is 5.75 Å². The van der Waals surface area contributed by atoms with Crippen molar-refractivity contribution >= 4 is 41.4 Å². The van der Waals surface area contributed by atoms with Gasteiger partial charge in [0, 0.05) is 5.92 Å². The summed E-state index contributed by atoms with van der Waals surface area (Å²) in [5.41, 5.74) is -1.46. The van der Waals surface area contributed by atoms with Crippen molar-refractivity contribution in [1.29, 1.82) is 0 Å². The van der Waals surface area contributed by atoms with Crippen molar-refractivity contribution in [3.05, 3.63) is 65.7 Å². The Labute approximate surface area is 223 Å². The maximum Gasteiger partial charge on any atom is 0.356 e. The molecule has 10 nitrogen and oxygen atoms in total. The van der Waals surface area contributed by atoms with E-state index in [1.165, 1.54) is 28.8 Å². The number of carbonyl (C=O) groups is 5. The number of imide groups is 1. The molecule has 0 radical (unpaired) electrons. The zero-order valence-electron chi connectivity index (χ0n) is 21.3. The number of fused-ring (bicyclic) bond motifs is 2. The Morgan fingerprint density at radius 2 is 1.55 bits per heavy atom. The fraction of sp³-hybridized carbons (Fsp3) is 0.370. The summed E-state index contributed by atoms with van der Waals surface area (Å²) in [5.74, 6) is -3.07. The van der Waals surface area contributed by atoms with Crippen molar-refractivity contribution in [3.8, 4) is 5.75 Å². The van der Waals surface area contributed by atoms with Gasteiger partial charge < -0.3 is 14.8 Å². The van der Waals surface area contributed by atoms with E-state index in [2.05, 4.69) is 5.32 Å². The van der Waals surface area contributed by atoms with E-state index in [4.69, 9.17) is 9.47 Å². The highest BCUT2D eigenvalue weighted by molar-refractivity contribution is 8.01. The molecule has 0 saturated carbocycles. The van der Waals surface area contributed by atoms with E-state index in [1.807, 2.05) is 6.07 Å². The van der Waals surface area contributed by atoms with E-state index in [-0.39, 0.29) is 11.1 Å². The molecule has 2 fully saturated rings. The summed E-state index contributed by atoms with van der Waals surface area (Å²) in [7, 11) is 0. The van der Waals surface area contributed by atoms with E-state index >= 15 is 0 Å². The lowest BCUT2D eigenvalue weighted by molar-refractivity contribution is -0.188. The van der Waals surface area contributed by atoms with E-state index in [0.29, 0.717) is 5.75 Å². The molecule has 0 aliphatic carbocycles. The first-order valence-electron chi connectivity index (χ1n) is 12.2. The van der Waals surface area contributed by atoms with Crippen LogP contribution in [-0.4, -0.2) is 68.0 Å². The molecular formula is C27H27N3O7S. The highest BCUT2D eigenvalue weighted by Gasteiger charge is 2.75. The van der Waals surface area contributed by atoms with Gasteiger partial charge in [-0.15, -0.1) is 11.8 Å². The molecule has 198 valence electrons. The molecule has 1 N–H and O–H groups in total. The zero-order valence-corrected chi connectivity index (χ0v) is 22.1. The summed E-state index contributed by atoms with van der Waals surface area (Å²) in [4.78, 5) is 67.9. The molecule has 4 amide bonds. The number of hydrogen-bond donors (Lipinski definition) is 1. The van der Waals surface area contributed by atoms with E-state index < -0.39 is 64.1 Å². The second-order valence-electron chi connectivity index (χ2n) is 10.1. The Hall–Kier alpha value is -3.86. The van der Waals surface area contributed by atoms with Crippen molar-refractivity contribution in [2.24, 2.45) is 5.92 Å². The predicted molar refractivity (Wildman–Crippen MR) is 137 cm³/mol. The second kappa shape index (κ2) is 9.16. The topological polar surface area (TPSA) is 122 Å². The van der Waals surface area contributed by atoms with Crippen LogP contribution in [0.3, 0.4) is 0 Å². The summed E-state index contributed by atoms with van der Waals surface area (Å²) < 4.78 is 10.4. The Balaban J connectivity index is 1.42. The van der Waals surface area contributed by atoms with Crippen LogP contribution in [0, 0.1) is 5.92 Å². The number of ether oxygens (including phenoxy) is 2. The Bertz CT molecular complexity index is 1310. The van der Waals surface area contributed by atoms with Crippen LogP contribution < -0.4 is 10.1 Å². The fourth-order valence-corrected chi connectivity index (χ4v) is 6.52. The number of hydrogen-bond acceptors (Lipinski definition) is 8. The number of amides is 4. The van der Waals surface area contributed by atoms with Gasteiger partial charge in [-0.25, -0.2) is 9.69 Å². The first-order valence-corrected chi connectivity index (χ1v) is 13.0. The number of nitrogens with zero attached hydrogens (tertiary/aromatic N) is 2. The predicted octanol–water partition coefficient (Wildman–Crippen LogP) is 2.39. The minimum Gasteiger partial charge on any atom is -0.477 e. The summed E-state index contributed by atoms with van der Waals surface area (Å²) in [6, 6.07) is 15.2. The van der Waals surface area contributed by atoms with Gasteiger partial charge in [-0.3, -0.25) is 24.1 Å². The molecular weight excluding hydrogens is 510 g/mol. The average Bonchev–Trinajstić information content (AvgIpc) is 3.26. The van der Waals surface area contributed by atoms with Crippen LogP contribution in [0.15, 0.2) is 54.6 Å². The van der Waals surface area contributed by atoms with Crippen LogP contribution in [-0.2, 0) is 19.1 Å². The van der Waals surface area contributed by atoms with Crippen molar-refractivity contribution in [2.75, 3.05) is 6.73 Å². The molecule has 0 aromatic heterocycles. The van der Waals surface area contributed by atoms with Crippen molar-refractivity contribution in [3.63, 3.8) is 0 Å². The quantitative estimate of drug-likeness (QED) is 0.325. The molecule has 2 unspecified atom stereocenters. The molecule has 0 spiro atoms. The number of nitrogens with one attached hydrogen (secondary N) is 1. The van der Waals surface area contributed by atoms with Crippen LogP contribution >= 0.6 is 11.8 Å². The first-order chi connectivity index (χ1) is 18.0. The number of thioether (sulfide) groups is 1. The molecule has 2 aromatic carbocycles. The molecule has 3 aliphatic rings. The lowest BCUT2D eigenvalue weighted by Gasteiger charge is -2.50. The highest BCUT2D eigenvalue weighted by atomic mass is 32.2. The smallest absolute Gasteiger partial charge is 0.356 e. The number of β-lactam (4-membered cyclic amide) rings is 1. The molecule has 2 aromatic rings. The molecule has 3 heterocycles. The van der Waals surface area contributed by atoms with E-state index in [1.54, 1.807) is 64.1 Å². The fourth-order valence-electron chi connectivity index (χ4n) is 4.85. The van der Waals surface area contributed by atoms with Gasteiger partial charge in [0.1, 0.15) is 11.1 Å². The Kier molecular flexibility index (Phi) is 6.21. The monoisotopic (exact) mass is 537 g/mol. The molecule has 3 atom stereocenters. The standard InChI is InChI=1S/C27H27N3O7S/c1-15(2)20(31)28-27(25(35)36-14-29-21(32)17-12-8-9-13-18(17)22(29)33)26(3,4)38-24-19(23(34)30(24)27)37-16-10-6-5-7-11-16/h5-13,15,19,24H,14H2,1-4H3,(H,28,31)/t19?,24-,27?/m1/s1. The lowest BCUT2D eigenvalue weighted by atomic mass is 9.88. The molecule has 0 bridgehead atoms. The van der Waals surface area contributed by atoms with Crippen molar-refractivity contribution in [1.82, 2.24) is 15.1 Å². The van der Waals surface area contributed by atoms with E-state index in [0.717, 1.165) is 4.90 Å². The van der Waals surface area contributed by atoms with Gasteiger partial charge >= 0.3 is 5.97 Å². The van der Waals surface area contributed by atoms with Gasteiger partial charge in [0.25, 0.3) is 17.7 Å². The van der Waals surface area contributed by atoms with Gasteiger partial charge in [-0.05, 0) is 38.1 Å². The van der Waals surface area contributed by atoms with Crippen molar-refractivity contribution in [2.45, 2.75) is 49.6 Å². The van der Waals surface area contributed by atoms with Crippen LogP contribution in [0.25, 0.3) is 0 Å². The number of para-hydroxylation sites is 1. The van der Waals surface area contributed by atoms with Crippen molar-refractivity contribution < 1.29 is 33.4 Å². The molecule has 38 heavy (non-hydrogen) atoms. The Morgan fingerprint density at radius 1 is 0.974 bits per heavy atom. The third kappa shape index (κ3) is 3.75. The maximum atomic E-state index is 13.9. The maximum absolute atomic E-state index is 13.9. The largest absolute Gasteiger partial charge is 0.477 e. The summed E-state index contributed by atoms with van der Waals surface area (Å²) >= 11 is 1.30. The molecule has 5 rings (SSSR count). The van der Waals surface area contributed by atoms with Gasteiger partial charge in [-0.1, -0.05) is 44.2 Å². The number of rotatable bonds is 7. The first kappa shape index (κ1) is 25.8. The third-order valence-corrected chi connectivity index (χ3v) is 8.56. The number of esters is 1. The second-order valence-corrected chi connectivity index (χ2v) is 11.8. The van der Waals surface area contributed by atoms with Gasteiger partial charge in [-0.2, -0.15) is 0 Å². The average molecular weight is 538 g/mol. The molecule has 3 aliphatic heterocycles. The lowest BCUT2D eigenvalue weighted by Crippen LogP contribution is -2.79. The van der Waals surface area contributed by atoms with Gasteiger partial charge in [0.2, 0.25) is 17.7 Å². The number of carbonyl (C=O) groups excluding carboxylic acids is 5. The third-order valence-electron chi connectivity index (χ3n) is 6.98. The van der Waals surface area contributed by atoms with Crippen LogP contribution in [0.2, 0.25) is 0 Å². The molecule has 11 heteroatoms. The zero-order chi connectivity index (χ0) is 27.4. The SMILES string of the molecule is CC(C)C(=O)NC1(C(=O)OCN2C(=O)c3ccccc3C2=O)N2C(=O)C(Oc3ccccc3)[C@H]2SC1(C)C. The Morgan fingerprint density at radius 3 is 2.13 bits per heavy atom. The van der Waals surface area contributed by atoms with E-state index in [9.17, 15) is 24.0 Å². The van der Waals surface area contributed by atoms with Crippen LogP contribution in [0.4, 0.5) is 0 Å². The van der Waals surface area contributed by atoms with Gasteiger partial charge in [0.15, 0.2) is 6.73 Å². The normalized spacial score (nSPS) is 25.1. The van der Waals surface area contributed by atoms with Gasteiger partial charge in [0.05, 0.1) is 15.9 Å². The summed E-state index contributed by atoms with van der Waals surface area (Å²) in [6.45, 7) is 6.12. The van der Waals surface area contributed by atoms with Crippen LogP contribution in [0.1, 0.15) is 48.4 Å². The minimum atomic E-state index is -1.89. The number of benzene rings is 2. The summed E-state index contributed by atoms with van der Waals surface area (Å²) in [6.07, 6.45) is -0.872. The highest BCUT2D eigenvalue weighted by Crippen LogP contribution is 2.56. The minimum absolute atomic E-state index is 0.215. The molecule has 2 saturated heterocycles.